The van der Waals surface area contributed by atoms with Crippen LogP contribution in [0.4, 0.5) is 0 Å². The van der Waals surface area contributed by atoms with E-state index in [1.54, 1.807) is 0 Å². The second-order valence-electron chi connectivity index (χ2n) is 9.33. The van der Waals surface area contributed by atoms with Gasteiger partial charge in [-0.05, 0) is 72.8 Å². The molecule has 0 saturated heterocycles. The molecule has 1 heterocycles. The Bertz CT molecular complexity index is 2030. The summed E-state index contributed by atoms with van der Waals surface area (Å²) in [4.78, 5) is 0. The molecule has 0 unspecified atom stereocenters. The minimum Gasteiger partial charge on any atom is -0.456 e. The van der Waals surface area contributed by atoms with E-state index >= 15 is 0 Å². The molecule has 1 aromatic heterocycles. The molecule has 162 valence electrons. The van der Waals surface area contributed by atoms with Gasteiger partial charge in [-0.2, -0.15) is 0 Å². The second-order valence-corrected chi connectivity index (χ2v) is 9.33. The van der Waals surface area contributed by atoms with Gasteiger partial charge in [-0.3, -0.25) is 0 Å². The first kappa shape index (κ1) is 18.8. The summed E-state index contributed by atoms with van der Waals surface area (Å²) in [6, 6.07) is 43.6. The van der Waals surface area contributed by atoms with Gasteiger partial charge in [0.1, 0.15) is 11.2 Å². The smallest absolute Gasteiger partial charge is 0.136 e. The van der Waals surface area contributed by atoms with E-state index in [9.17, 15) is 0 Å². The molecule has 1 nitrogen and oxygen atoms in total. The molecule has 7 aromatic carbocycles. The van der Waals surface area contributed by atoms with Crippen molar-refractivity contribution in [2.24, 2.45) is 0 Å². The lowest BCUT2D eigenvalue weighted by Gasteiger charge is -2.14. The van der Waals surface area contributed by atoms with Crippen molar-refractivity contribution in [2.45, 2.75) is 0 Å². The van der Waals surface area contributed by atoms with Crippen LogP contribution in [0.2, 0.25) is 0 Å². The number of hydrogen-bond acceptors (Lipinski definition) is 1. The molecule has 1 heteroatoms. The lowest BCUT2D eigenvalue weighted by molar-refractivity contribution is 0.669. The van der Waals surface area contributed by atoms with Gasteiger partial charge in [0, 0.05) is 10.8 Å². The molecule has 8 rings (SSSR count). The van der Waals surface area contributed by atoms with Crippen LogP contribution in [0, 0.1) is 0 Å². The highest BCUT2D eigenvalue weighted by molar-refractivity contribution is 6.27. The topological polar surface area (TPSA) is 13.1 Å². The van der Waals surface area contributed by atoms with Crippen LogP contribution in [-0.2, 0) is 0 Å². The predicted octanol–water partition coefficient (Wildman–Crippen LogP) is 9.82. The highest BCUT2D eigenvalue weighted by Crippen LogP contribution is 2.43. The van der Waals surface area contributed by atoms with E-state index in [0.29, 0.717) is 0 Å². The Morgan fingerprint density at radius 1 is 0.371 bits per heavy atom. The van der Waals surface area contributed by atoms with Crippen molar-refractivity contribution >= 4 is 54.3 Å². The molecule has 0 N–H and O–H groups in total. The molecular formula is C34H20O. The highest BCUT2D eigenvalue weighted by atomic mass is 16.3. The van der Waals surface area contributed by atoms with Crippen LogP contribution in [0.25, 0.3) is 76.5 Å². The van der Waals surface area contributed by atoms with Crippen molar-refractivity contribution in [1.29, 1.82) is 0 Å². The van der Waals surface area contributed by atoms with Crippen molar-refractivity contribution in [1.82, 2.24) is 0 Å². The summed E-state index contributed by atoms with van der Waals surface area (Å²) < 4.78 is 6.33. The zero-order valence-electron chi connectivity index (χ0n) is 19.0. The van der Waals surface area contributed by atoms with E-state index in [4.69, 9.17) is 4.42 Å². The van der Waals surface area contributed by atoms with E-state index < -0.39 is 0 Å². The maximum atomic E-state index is 6.33. The molecule has 0 bridgehead atoms. The van der Waals surface area contributed by atoms with Crippen molar-refractivity contribution in [3.05, 3.63) is 121 Å². The third-order valence-electron chi connectivity index (χ3n) is 7.42. The van der Waals surface area contributed by atoms with Crippen molar-refractivity contribution in [3.63, 3.8) is 0 Å². The molecule has 0 aliphatic carbocycles. The van der Waals surface area contributed by atoms with Gasteiger partial charge in [-0.1, -0.05) is 103 Å². The Morgan fingerprint density at radius 3 is 1.97 bits per heavy atom. The SMILES string of the molecule is c1ccc(-c2ccc3oc4cccc(-c5ccc6ccc7cccc8ccc5c6c78)c4c3c2)cc1. The largest absolute Gasteiger partial charge is 0.456 e. The average Bonchev–Trinajstić information content (AvgIpc) is 3.30. The standard InChI is InChI=1S/C34H20O/c1-2-6-21(7-3-1)25-16-19-30-29(20-25)34-27(10-5-11-31(34)35-30)26-17-14-24-13-12-22-8-4-9-23-15-18-28(26)33(24)32(22)23/h1-20H. The van der Waals surface area contributed by atoms with Gasteiger partial charge in [0.15, 0.2) is 0 Å². The minimum atomic E-state index is 0.921. The van der Waals surface area contributed by atoms with Gasteiger partial charge < -0.3 is 4.42 Å². The zero-order valence-corrected chi connectivity index (χ0v) is 19.0. The van der Waals surface area contributed by atoms with Crippen LogP contribution in [0.3, 0.4) is 0 Å². The number of hydrogen-bond donors (Lipinski definition) is 0. The molecule has 0 aliphatic rings. The fraction of sp³-hybridized carbons (Fsp3) is 0. The molecule has 0 amide bonds. The Balaban J connectivity index is 1.48. The minimum absolute atomic E-state index is 0.921. The maximum Gasteiger partial charge on any atom is 0.136 e. The van der Waals surface area contributed by atoms with Gasteiger partial charge in [-0.25, -0.2) is 0 Å². The van der Waals surface area contributed by atoms with E-state index in [-0.39, 0.29) is 0 Å². The number of rotatable bonds is 2. The summed E-state index contributed by atoms with van der Waals surface area (Å²) in [5.74, 6) is 0. The fourth-order valence-electron chi connectivity index (χ4n) is 5.83. The summed E-state index contributed by atoms with van der Waals surface area (Å²) in [5, 5.41) is 10.2. The molecule has 0 spiro atoms. The lowest BCUT2D eigenvalue weighted by atomic mass is 9.88. The fourth-order valence-corrected chi connectivity index (χ4v) is 5.83. The number of furan rings is 1. The summed E-state index contributed by atoms with van der Waals surface area (Å²) in [7, 11) is 0. The zero-order chi connectivity index (χ0) is 22.9. The molecule has 35 heavy (non-hydrogen) atoms. The predicted molar refractivity (Wildman–Crippen MR) is 148 cm³/mol. The Hall–Kier alpha value is -4.62. The first-order valence-electron chi connectivity index (χ1n) is 12.0. The summed E-state index contributed by atoms with van der Waals surface area (Å²) >= 11 is 0. The maximum absolute atomic E-state index is 6.33. The lowest BCUT2D eigenvalue weighted by Crippen LogP contribution is -1.87. The Kier molecular flexibility index (Phi) is 3.72. The quantitative estimate of drug-likeness (QED) is 0.242. The van der Waals surface area contributed by atoms with E-state index in [0.717, 1.165) is 16.6 Å². The number of fused-ring (bicyclic) bond motifs is 3. The Morgan fingerprint density at radius 2 is 1.11 bits per heavy atom. The second kappa shape index (κ2) is 6.94. The third kappa shape index (κ3) is 2.64. The van der Waals surface area contributed by atoms with E-state index in [1.165, 1.54) is 60.0 Å². The average molecular weight is 445 g/mol. The monoisotopic (exact) mass is 444 g/mol. The van der Waals surface area contributed by atoms with Crippen LogP contribution in [0.15, 0.2) is 126 Å². The first-order valence-corrected chi connectivity index (χ1v) is 12.0. The molecule has 8 aromatic rings. The molecule has 0 radical (unpaired) electrons. The molecule has 0 saturated carbocycles. The van der Waals surface area contributed by atoms with Crippen molar-refractivity contribution in [3.8, 4) is 22.3 Å². The van der Waals surface area contributed by atoms with Crippen molar-refractivity contribution < 1.29 is 4.42 Å². The van der Waals surface area contributed by atoms with E-state index in [2.05, 4.69) is 121 Å². The van der Waals surface area contributed by atoms with Crippen LogP contribution in [0.5, 0.6) is 0 Å². The summed E-state index contributed by atoms with van der Waals surface area (Å²) in [5.41, 5.74) is 6.71. The van der Waals surface area contributed by atoms with Crippen LogP contribution < -0.4 is 0 Å². The number of benzene rings is 7. The molecule has 0 aliphatic heterocycles. The van der Waals surface area contributed by atoms with Crippen LogP contribution in [-0.4, -0.2) is 0 Å². The van der Waals surface area contributed by atoms with Gasteiger partial charge in [0.2, 0.25) is 0 Å². The first-order chi connectivity index (χ1) is 17.3. The molecule has 0 fully saturated rings. The van der Waals surface area contributed by atoms with Gasteiger partial charge in [0.05, 0.1) is 0 Å². The van der Waals surface area contributed by atoms with Gasteiger partial charge in [-0.15, -0.1) is 0 Å². The summed E-state index contributed by atoms with van der Waals surface area (Å²) in [6.45, 7) is 0. The van der Waals surface area contributed by atoms with Crippen LogP contribution in [0.1, 0.15) is 0 Å². The highest BCUT2D eigenvalue weighted by Gasteiger charge is 2.17. The normalized spacial score (nSPS) is 12.0. The van der Waals surface area contributed by atoms with Gasteiger partial charge >= 0.3 is 0 Å². The summed E-state index contributed by atoms with van der Waals surface area (Å²) in [6.07, 6.45) is 0. The molecular weight excluding hydrogens is 424 g/mol. The van der Waals surface area contributed by atoms with Crippen LogP contribution >= 0.6 is 0 Å². The Labute approximate surface area is 202 Å². The van der Waals surface area contributed by atoms with Gasteiger partial charge in [0.25, 0.3) is 0 Å². The van der Waals surface area contributed by atoms with Crippen molar-refractivity contribution in [2.75, 3.05) is 0 Å². The molecule has 0 atom stereocenters. The van der Waals surface area contributed by atoms with E-state index in [1.807, 2.05) is 0 Å². The third-order valence-corrected chi connectivity index (χ3v) is 7.42.